The summed E-state index contributed by atoms with van der Waals surface area (Å²) in [6.45, 7) is 5.70. The quantitative estimate of drug-likeness (QED) is 0.842. The second-order valence-electron chi connectivity index (χ2n) is 5.37. The van der Waals surface area contributed by atoms with Crippen LogP contribution in [-0.2, 0) is 16.8 Å². The normalized spacial score (nSPS) is 21.0. The number of aromatic nitrogens is 3. The fourth-order valence-corrected chi connectivity index (χ4v) is 2.06. The average molecular weight is 238 g/mol. The maximum absolute atomic E-state index is 5.96. The summed E-state index contributed by atoms with van der Waals surface area (Å²) in [5.74, 6) is 0. The Hall–Kier alpha value is -0.940. The van der Waals surface area contributed by atoms with Crippen molar-refractivity contribution in [3.63, 3.8) is 0 Å². The van der Waals surface area contributed by atoms with Gasteiger partial charge in [0, 0.05) is 13.2 Å². The summed E-state index contributed by atoms with van der Waals surface area (Å²) in [6.07, 6.45) is 7.01. The Balaban J connectivity index is 1.77. The SMILES string of the molecule is CC(C)(N)c1cn(CCCC2CCCO2)nn1. The van der Waals surface area contributed by atoms with E-state index in [2.05, 4.69) is 10.3 Å². The van der Waals surface area contributed by atoms with Crippen LogP contribution < -0.4 is 5.73 Å². The molecule has 0 aliphatic carbocycles. The molecule has 17 heavy (non-hydrogen) atoms. The van der Waals surface area contributed by atoms with Crippen molar-refractivity contribution < 1.29 is 4.74 Å². The molecule has 1 unspecified atom stereocenters. The van der Waals surface area contributed by atoms with Crippen LogP contribution in [0.1, 0.15) is 45.2 Å². The molecule has 2 N–H and O–H groups in total. The summed E-state index contributed by atoms with van der Waals surface area (Å²) >= 11 is 0. The highest BCUT2D eigenvalue weighted by Crippen LogP contribution is 2.17. The molecular weight excluding hydrogens is 216 g/mol. The minimum atomic E-state index is -0.410. The van der Waals surface area contributed by atoms with Gasteiger partial charge in [-0.2, -0.15) is 0 Å². The molecular formula is C12H22N4O. The molecule has 0 saturated carbocycles. The number of rotatable bonds is 5. The van der Waals surface area contributed by atoms with Crippen molar-refractivity contribution in [3.05, 3.63) is 11.9 Å². The zero-order valence-electron chi connectivity index (χ0n) is 10.7. The van der Waals surface area contributed by atoms with Crippen molar-refractivity contribution in [3.8, 4) is 0 Å². The van der Waals surface area contributed by atoms with Crippen LogP contribution in [0.2, 0.25) is 0 Å². The molecule has 1 aliphatic heterocycles. The largest absolute Gasteiger partial charge is 0.378 e. The van der Waals surface area contributed by atoms with E-state index in [1.807, 2.05) is 24.7 Å². The second kappa shape index (κ2) is 5.14. The zero-order chi connectivity index (χ0) is 12.3. The summed E-state index contributed by atoms with van der Waals surface area (Å²) in [5, 5.41) is 8.19. The van der Waals surface area contributed by atoms with E-state index in [-0.39, 0.29) is 0 Å². The topological polar surface area (TPSA) is 66.0 Å². The zero-order valence-corrected chi connectivity index (χ0v) is 10.7. The summed E-state index contributed by atoms with van der Waals surface area (Å²) in [4.78, 5) is 0. The van der Waals surface area contributed by atoms with Gasteiger partial charge < -0.3 is 10.5 Å². The summed E-state index contributed by atoms with van der Waals surface area (Å²) in [6, 6.07) is 0. The number of nitrogens with two attached hydrogens (primary N) is 1. The van der Waals surface area contributed by atoms with E-state index in [0.29, 0.717) is 6.10 Å². The molecule has 2 rings (SSSR count). The van der Waals surface area contributed by atoms with Crippen molar-refractivity contribution in [2.75, 3.05) is 6.61 Å². The van der Waals surface area contributed by atoms with Gasteiger partial charge in [-0.25, -0.2) is 0 Å². The monoisotopic (exact) mass is 238 g/mol. The summed E-state index contributed by atoms with van der Waals surface area (Å²) in [7, 11) is 0. The van der Waals surface area contributed by atoms with Gasteiger partial charge in [-0.1, -0.05) is 5.21 Å². The number of nitrogens with zero attached hydrogens (tertiary/aromatic N) is 3. The van der Waals surface area contributed by atoms with Crippen LogP contribution in [0, 0.1) is 0 Å². The Morgan fingerprint density at radius 2 is 2.41 bits per heavy atom. The number of hydrogen-bond acceptors (Lipinski definition) is 4. The van der Waals surface area contributed by atoms with Crippen molar-refractivity contribution in [2.24, 2.45) is 5.73 Å². The van der Waals surface area contributed by atoms with E-state index in [9.17, 15) is 0 Å². The molecule has 0 bridgehead atoms. The van der Waals surface area contributed by atoms with Crippen molar-refractivity contribution in [1.82, 2.24) is 15.0 Å². The summed E-state index contributed by atoms with van der Waals surface area (Å²) in [5.41, 5.74) is 6.39. The van der Waals surface area contributed by atoms with Gasteiger partial charge in [-0.15, -0.1) is 5.10 Å². The maximum atomic E-state index is 5.96. The van der Waals surface area contributed by atoms with Crippen molar-refractivity contribution >= 4 is 0 Å². The molecule has 0 radical (unpaired) electrons. The van der Waals surface area contributed by atoms with Gasteiger partial charge in [0.15, 0.2) is 0 Å². The number of hydrogen-bond donors (Lipinski definition) is 1. The predicted molar refractivity (Wildman–Crippen MR) is 65.4 cm³/mol. The second-order valence-corrected chi connectivity index (χ2v) is 5.37. The lowest BCUT2D eigenvalue weighted by molar-refractivity contribution is 0.101. The molecule has 5 heteroatoms. The third-order valence-corrected chi connectivity index (χ3v) is 3.14. The molecule has 5 nitrogen and oxygen atoms in total. The van der Waals surface area contributed by atoms with E-state index in [0.717, 1.165) is 31.7 Å². The first kappa shape index (κ1) is 12.5. The van der Waals surface area contributed by atoms with E-state index in [1.165, 1.54) is 12.8 Å². The highest BCUT2D eigenvalue weighted by atomic mass is 16.5. The predicted octanol–water partition coefficient (Wildman–Crippen LogP) is 1.43. The first-order valence-corrected chi connectivity index (χ1v) is 6.37. The molecule has 1 aromatic heterocycles. The van der Waals surface area contributed by atoms with E-state index in [1.54, 1.807) is 0 Å². The molecule has 2 heterocycles. The van der Waals surface area contributed by atoms with Gasteiger partial charge in [0.1, 0.15) is 5.69 Å². The Morgan fingerprint density at radius 1 is 1.59 bits per heavy atom. The van der Waals surface area contributed by atoms with Gasteiger partial charge in [0.25, 0.3) is 0 Å². The standard InChI is InChI=1S/C12H22N4O/c1-12(2,13)11-9-16(15-14-11)7-3-5-10-6-4-8-17-10/h9-10H,3-8,13H2,1-2H3. The van der Waals surface area contributed by atoms with Gasteiger partial charge in [-0.3, -0.25) is 4.68 Å². The van der Waals surface area contributed by atoms with Gasteiger partial charge >= 0.3 is 0 Å². The third-order valence-electron chi connectivity index (χ3n) is 3.14. The molecule has 0 spiro atoms. The van der Waals surface area contributed by atoms with Crippen LogP contribution in [-0.4, -0.2) is 27.7 Å². The Morgan fingerprint density at radius 3 is 3.00 bits per heavy atom. The Labute approximate surface area is 102 Å². The first-order chi connectivity index (χ1) is 8.05. The van der Waals surface area contributed by atoms with Crippen LogP contribution in [0.5, 0.6) is 0 Å². The Bertz CT molecular complexity index is 350. The molecule has 0 aromatic carbocycles. The fourth-order valence-electron chi connectivity index (χ4n) is 2.06. The van der Waals surface area contributed by atoms with Crippen LogP contribution >= 0.6 is 0 Å². The highest BCUT2D eigenvalue weighted by Gasteiger charge is 2.18. The molecule has 1 atom stereocenters. The van der Waals surface area contributed by atoms with Gasteiger partial charge in [0.2, 0.25) is 0 Å². The number of aryl methyl sites for hydroxylation is 1. The summed E-state index contributed by atoms with van der Waals surface area (Å²) < 4.78 is 7.46. The third kappa shape index (κ3) is 3.51. The molecule has 1 aromatic rings. The molecule has 1 fully saturated rings. The molecule has 96 valence electrons. The van der Waals surface area contributed by atoms with Crippen molar-refractivity contribution in [2.45, 2.75) is 57.7 Å². The smallest absolute Gasteiger partial charge is 0.102 e. The minimum Gasteiger partial charge on any atom is -0.378 e. The van der Waals surface area contributed by atoms with Crippen molar-refractivity contribution in [1.29, 1.82) is 0 Å². The van der Waals surface area contributed by atoms with Gasteiger partial charge in [-0.05, 0) is 39.5 Å². The lowest BCUT2D eigenvalue weighted by Gasteiger charge is -2.13. The lowest BCUT2D eigenvalue weighted by Crippen LogP contribution is -2.29. The molecule has 1 aliphatic rings. The van der Waals surface area contributed by atoms with E-state index >= 15 is 0 Å². The van der Waals surface area contributed by atoms with Crippen LogP contribution in [0.15, 0.2) is 6.20 Å². The van der Waals surface area contributed by atoms with Crippen LogP contribution in [0.3, 0.4) is 0 Å². The molecule has 1 saturated heterocycles. The van der Waals surface area contributed by atoms with E-state index < -0.39 is 5.54 Å². The highest BCUT2D eigenvalue weighted by molar-refractivity contribution is 5.05. The number of ether oxygens (including phenoxy) is 1. The lowest BCUT2D eigenvalue weighted by atomic mass is 10.0. The molecule has 0 amide bonds. The minimum absolute atomic E-state index is 0.410. The first-order valence-electron chi connectivity index (χ1n) is 6.37. The van der Waals surface area contributed by atoms with Crippen LogP contribution in [0.25, 0.3) is 0 Å². The fraction of sp³-hybridized carbons (Fsp3) is 0.833. The van der Waals surface area contributed by atoms with Crippen LogP contribution in [0.4, 0.5) is 0 Å². The Kier molecular flexibility index (Phi) is 3.79. The van der Waals surface area contributed by atoms with E-state index in [4.69, 9.17) is 10.5 Å². The van der Waals surface area contributed by atoms with Gasteiger partial charge in [0.05, 0.1) is 17.8 Å². The maximum Gasteiger partial charge on any atom is 0.102 e. The average Bonchev–Trinajstić information content (AvgIpc) is 2.86.